The first-order chi connectivity index (χ1) is 24.0. The van der Waals surface area contributed by atoms with Gasteiger partial charge in [-0.1, -0.05) is 76.8 Å². The van der Waals surface area contributed by atoms with E-state index < -0.39 is 55.8 Å². The molecule has 50 heavy (non-hydrogen) atoms. The summed E-state index contributed by atoms with van der Waals surface area (Å²) in [5, 5.41) is 0.512. The van der Waals surface area contributed by atoms with E-state index in [4.69, 9.17) is 14.2 Å². The highest BCUT2D eigenvalue weighted by Crippen LogP contribution is 2.38. The lowest BCUT2D eigenvalue weighted by Crippen LogP contribution is -2.42. The number of ether oxygens (including phenoxy) is 3. The van der Waals surface area contributed by atoms with Crippen LogP contribution in [0.25, 0.3) is 10.8 Å². The predicted octanol–water partition coefficient (Wildman–Crippen LogP) is 8.72. The number of benzene rings is 3. The van der Waals surface area contributed by atoms with Crippen LogP contribution in [0.5, 0.6) is 5.75 Å². The Hall–Kier alpha value is -3.24. The molecule has 3 aromatic carbocycles. The first kappa shape index (κ1) is 39.5. The zero-order valence-electron chi connectivity index (χ0n) is 28.0. The molecule has 15 heteroatoms. The van der Waals surface area contributed by atoms with Crippen LogP contribution in [0.2, 0.25) is 0 Å². The summed E-state index contributed by atoms with van der Waals surface area (Å²) in [7, 11) is -5.83. The van der Waals surface area contributed by atoms with Gasteiger partial charge in [-0.05, 0) is 36.9 Å². The normalized spacial score (nSPS) is 13.1. The van der Waals surface area contributed by atoms with Crippen molar-refractivity contribution >= 4 is 44.5 Å². The van der Waals surface area contributed by atoms with Gasteiger partial charge in [0, 0.05) is 22.6 Å². The zero-order chi connectivity index (χ0) is 36.3. The highest BCUT2D eigenvalue weighted by molar-refractivity contribution is 7.99. The maximum atomic E-state index is 15.1. The molecule has 0 N–H and O–H groups in total. The summed E-state index contributed by atoms with van der Waals surface area (Å²) in [6.45, 7) is 4.70. The van der Waals surface area contributed by atoms with Gasteiger partial charge >= 0.3 is 10.1 Å². The fourth-order valence-electron chi connectivity index (χ4n) is 5.49. The number of carbonyl (C=O) groups excluding carboxylic acids is 2. The molecule has 0 radical (unpaired) electrons. The van der Waals surface area contributed by atoms with E-state index in [-0.39, 0.29) is 35.0 Å². The Labute approximate surface area is 293 Å². The van der Waals surface area contributed by atoms with Gasteiger partial charge in [-0.2, -0.15) is 17.2 Å². The van der Waals surface area contributed by atoms with Gasteiger partial charge in [-0.3, -0.25) is 9.59 Å². The van der Waals surface area contributed by atoms with Crippen molar-refractivity contribution in [3.63, 3.8) is 0 Å². The molecule has 274 valence electrons. The number of rotatable bonds is 22. The van der Waals surface area contributed by atoms with E-state index in [0.717, 1.165) is 25.7 Å². The number of hydrogen-bond acceptors (Lipinski definition) is 9. The zero-order valence-corrected chi connectivity index (χ0v) is 29.7. The van der Waals surface area contributed by atoms with E-state index in [0.29, 0.717) is 42.1 Å². The van der Waals surface area contributed by atoms with Crippen LogP contribution < -0.4 is 4.74 Å². The molecule has 9 nitrogen and oxygen atoms in total. The summed E-state index contributed by atoms with van der Waals surface area (Å²) < 4.78 is 106. The van der Waals surface area contributed by atoms with Crippen LogP contribution in [0.15, 0.2) is 40.1 Å². The first-order valence-corrected chi connectivity index (χ1v) is 19.1. The minimum atomic E-state index is -5.83. The van der Waals surface area contributed by atoms with Crippen molar-refractivity contribution in [3.8, 4) is 5.75 Å². The second-order valence-corrected chi connectivity index (χ2v) is 14.2. The van der Waals surface area contributed by atoms with Crippen LogP contribution in [0.1, 0.15) is 98.8 Å². The molecule has 1 aliphatic heterocycles. The minimum absolute atomic E-state index is 0.132. The number of thioether (sulfide) groups is 1. The molecule has 4 rings (SSSR count). The molecule has 0 aromatic heterocycles. The Bertz CT molecular complexity index is 1720. The maximum absolute atomic E-state index is 15.1. The van der Waals surface area contributed by atoms with Gasteiger partial charge in [-0.15, -0.1) is 21.1 Å². The lowest BCUT2D eigenvalue weighted by atomic mass is 9.95. The third kappa shape index (κ3) is 9.35. The van der Waals surface area contributed by atoms with Crippen molar-refractivity contribution in [1.82, 2.24) is 5.06 Å². The fourth-order valence-corrected chi connectivity index (χ4v) is 7.42. The van der Waals surface area contributed by atoms with Gasteiger partial charge in [0.05, 0.1) is 24.3 Å². The number of halogens is 4. The van der Waals surface area contributed by atoms with Crippen LogP contribution in [-0.4, -0.2) is 57.7 Å². The Morgan fingerprint density at radius 1 is 0.720 bits per heavy atom. The van der Waals surface area contributed by atoms with Crippen molar-refractivity contribution < 1.29 is 54.1 Å². The fraction of sp³-hybridized carbons (Fsp3) is 0.486. The van der Waals surface area contributed by atoms with Gasteiger partial charge in [-0.25, -0.2) is 8.78 Å². The van der Waals surface area contributed by atoms with E-state index in [2.05, 4.69) is 11.2 Å². The number of carbonyl (C=O) groups is 2. The van der Waals surface area contributed by atoms with Crippen molar-refractivity contribution in [3.05, 3.63) is 64.7 Å². The molecule has 0 fully saturated rings. The summed E-state index contributed by atoms with van der Waals surface area (Å²) in [5.41, 5.74) is -0.284. The van der Waals surface area contributed by atoms with Crippen molar-refractivity contribution in [1.29, 1.82) is 0 Å². The third-order valence-electron chi connectivity index (χ3n) is 8.04. The number of hydroxylamine groups is 2. The average molecular weight is 744 g/mol. The minimum Gasteiger partial charge on any atom is -0.487 e. The largest absolute Gasteiger partial charge is 0.487 e. The monoisotopic (exact) mass is 743 g/mol. The van der Waals surface area contributed by atoms with E-state index in [1.54, 1.807) is 12.1 Å². The average Bonchev–Trinajstić information content (AvgIpc) is 3.10. The van der Waals surface area contributed by atoms with Crippen LogP contribution >= 0.6 is 11.8 Å². The first-order valence-electron chi connectivity index (χ1n) is 16.7. The quantitative estimate of drug-likeness (QED) is 0.0249. The lowest BCUT2D eigenvalue weighted by molar-refractivity contribution is -0.0435. The van der Waals surface area contributed by atoms with Gasteiger partial charge < -0.3 is 14.2 Å². The molecule has 0 aliphatic carbocycles. The van der Waals surface area contributed by atoms with E-state index in [9.17, 15) is 26.8 Å². The van der Waals surface area contributed by atoms with E-state index in [1.165, 1.54) is 55.6 Å². The van der Waals surface area contributed by atoms with Crippen LogP contribution in [0, 0.1) is 23.3 Å². The number of amides is 2. The molecule has 0 bridgehead atoms. The number of unbranched alkanes of at least 4 members (excludes halogenated alkanes) is 9. The van der Waals surface area contributed by atoms with Gasteiger partial charge in [0.25, 0.3) is 11.8 Å². The van der Waals surface area contributed by atoms with Crippen LogP contribution in [0.3, 0.4) is 0 Å². The number of hydrogen-bond donors (Lipinski definition) is 0. The highest BCUT2D eigenvalue weighted by atomic mass is 32.2. The van der Waals surface area contributed by atoms with Crippen molar-refractivity contribution in [2.75, 3.05) is 32.4 Å². The predicted molar refractivity (Wildman–Crippen MR) is 180 cm³/mol. The summed E-state index contributed by atoms with van der Waals surface area (Å²) in [6.07, 6.45) is 9.76. The summed E-state index contributed by atoms with van der Waals surface area (Å²) >= 11 is 1.38. The van der Waals surface area contributed by atoms with E-state index in [1.807, 2.05) is 6.92 Å². The molecular formula is C35H41F4NO8S2. The SMILES string of the molecule is CCCCCCCCCCCCOc1c(F)c(F)c(S(=O)(=O)ON2C(=O)c3cccc4c(SCCOCOCC)ccc(c34)C2=O)c(F)c1F. The molecule has 2 amide bonds. The number of imide groups is 1. The van der Waals surface area contributed by atoms with Gasteiger partial charge in [0.1, 0.15) is 6.79 Å². The molecule has 0 atom stereocenters. The number of nitrogens with zero attached hydrogens (tertiary/aromatic N) is 1. The van der Waals surface area contributed by atoms with Crippen molar-refractivity contribution in [2.24, 2.45) is 0 Å². The topological polar surface area (TPSA) is 108 Å². The third-order valence-corrected chi connectivity index (χ3v) is 10.3. The molecule has 0 spiro atoms. The molecule has 3 aromatic rings. The summed E-state index contributed by atoms with van der Waals surface area (Å²) in [6, 6.07) is 7.39. The summed E-state index contributed by atoms with van der Waals surface area (Å²) in [5.74, 6) is -12.3. The second kappa shape index (κ2) is 18.8. The molecule has 0 unspecified atom stereocenters. The Kier molecular flexibility index (Phi) is 14.9. The van der Waals surface area contributed by atoms with Gasteiger partial charge in [0.2, 0.25) is 11.6 Å². The molecule has 0 saturated heterocycles. The molecule has 0 saturated carbocycles. The van der Waals surface area contributed by atoms with Crippen LogP contribution in [0.4, 0.5) is 17.6 Å². The smallest absolute Gasteiger partial charge is 0.324 e. The highest BCUT2D eigenvalue weighted by Gasteiger charge is 2.42. The Morgan fingerprint density at radius 3 is 1.94 bits per heavy atom. The lowest BCUT2D eigenvalue weighted by Gasteiger charge is -2.26. The molecule has 1 aliphatic rings. The maximum Gasteiger partial charge on any atom is 0.324 e. The van der Waals surface area contributed by atoms with Crippen LogP contribution in [-0.2, 0) is 23.9 Å². The van der Waals surface area contributed by atoms with E-state index >= 15 is 8.78 Å². The second-order valence-electron chi connectivity index (χ2n) is 11.6. The molecule has 1 heterocycles. The Morgan fingerprint density at radius 2 is 1.32 bits per heavy atom. The standard InChI is InChI=1S/C35H41F4NO8S2/c1-3-5-6-7-8-9-10-11-12-13-19-47-32-28(36)30(38)33(31(39)29(32)37)50(43,44)48-40-34(41)24-16-14-15-23-26(49-21-20-46-22-45-4-2)18-17-25(27(23)24)35(40)42/h14-18H,3-13,19-22H2,1-2H3. The van der Waals surface area contributed by atoms with Gasteiger partial charge in [0.15, 0.2) is 22.3 Å². The summed E-state index contributed by atoms with van der Waals surface area (Å²) in [4.78, 5) is 25.3. The van der Waals surface area contributed by atoms with Crippen molar-refractivity contribution in [2.45, 2.75) is 87.8 Å². The molecular weight excluding hydrogens is 703 g/mol. The Balaban J connectivity index is 1.44.